The average Bonchev–Trinajstić information content (AvgIpc) is 2.06. The van der Waals surface area contributed by atoms with E-state index in [0.717, 1.165) is 0 Å². The second-order valence-corrected chi connectivity index (χ2v) is 5.50. The molecule has 1 aromatic rings. The summed E-state index contributed by atoms with van der Waals surface area (Å²) in [4.78, 5) is -0.0191. The number of hydrogen-bond donors (Lipinski definition) is 0. The van der Waals surface area contributed by atoms with Gasteiger partial charge in [0, 0.05) is 0 Å². The van der Waals surface area contributed by atoms with Crippen LogP contribution in [0, 0.1) is 0 Å². The Balaban J connectivity index is 3.17. The van der Waals surface area contributed by atoms with Crippen molar-refractivity contribution in [2.45, 2.75) is 9.31 Å². The first-order valence-electron chi connectivity index (χ1n) is 3.12. The Labute approximate surface area is 78.5 Å². The van der Waals surface area contributed by atoms with Crippen molar-refractivity contribution in [3.8, 4) is 0 Å². The van der Waals surface area contributed by atoms with Gasteiger partial charge in [0.15, 0.2) is 0 Å². The van der Waals surface area contributed by atoms with Crippen molar-refractivity contribution in [3.05, 3.63) is 30.3 Å². The van der Waals surface area contributed by atoms with E-state index in [4.69, 9.17) is 0 Å². The third-order valence-electron chi connectivity index (χ3n) is 1.31. The Kier molecular flexibility index (Phi) is 2.85. The van der Waals surface area contributed by atoms with Crippen LogP contribution >= 0.6 is 15.9 Å². The van der Waals surface area contributed by atoms with Crippen LogP contribution < -0.4 is 0 Å². The molecule has 0 saturated heterocycles. The standard InChI is InChI=1S/C7H6BrFO2S/c8-7(9)12(10,11)6-4-2-1-3-5-6/h1-5,7H. The summed E-state index contributed by atoms with van der Waals surface area (Å²) in [6.45, 7) is 0. The van der Waals surface area contributed by atoms with Gasteiger partial charge in [-0.1, -0.05) is 18.2 Å². The van der Waals surface area contributed by atoms with E-state index in [1.54, 1.807) is 18.2 Å². The van der Waals surface area contributed by atoms with Crippen LogP contribution in [0.15, 0.2) is 35.2 Å². The first-order chi connectivity index (χ1) is 5.55. The zero-order chi connectivity index (χ0) is 9.19. The molecule has 0 aromatic heterocycles. The molecule has 0 amide bonds. The van der Waals surface area contributed by atoms with Crippen molar-refractivity contribution in [1.82, 2.24) is 0 Å². The fraction of sp³-hybridized carbons (Fsp3) is 0.143. The van der Waals surface area contributed by atoms with Crippen LogP contribution in [0.2, 0.25) is 0 Å². The van der Waals surface area contributed by atoms with Gasteiger partial charge in [-0.2, -0.15) is 0 Å². The van der Waals surface area contributed by atoms with Crippen molar-refractivity contribution in [2.24, 2.45) is 0 Å². The Bertz CT molecular complexity index is 347. The third-order valence-corrected chi connectivity index (χ3v) is 4.18. The first kappa shape index (κ1) is 9.67. The van der Waals surface area contributed by atoms with Crippen molar-refractivity contribution < 1.29 is 12.8 Å². The summed E-state index contributed by atoms with van der Waals surface area (Å²) < 4.78 is 32.7. The van der Waals surface area contributed by atoms with Gasteiger partial charge in [-0.25, -0.2) is 12.8 Å². The largest absolute Gasteiger partial charge is 0.259 e. The van der Waals surface area contributed by atoms with Crippen molar-refractivity contribution in [2.75, 3.05) is 0 Å². The zero-order valence-corrected chi connectivity index (χ0v) is 8.35. The zero-order valence-electron chi connectivity index (χ0n) is 5.94. The van der Waals surface area contributed by atoms with E-state index in [1.807, 2.05) is 0 Å². The topological polar surface area (TPSA) is 34.1 Å². The lowest BCUT2D eigenvalue weighted by Crippen LogP contribution is -2.09. The Morgan fingerprint density at radius 2 is 1.75 bits per heavy atom. The normalized spacial score (nSPS) is 14.2. The molecule has 0 aliphatic heterocycles. The van der Waals surface area contributed by atoms with E-state index in [9.17, 15) is 12.8 Å². The molecule has 0 spiro atoms. The second kappa shape index (κ2) is 3.53. The van der Waals surface area contributed by atoms with Crippen LogP contribution in [0.1, 0.15) is 0 Å². The number of halogens is 2. The lowest BCUT2D eigenvalue weighted by molar-refractivity contribution is 0.515. The minimum Gasteiger partial charge on any atom is -0.220 e. The van der Waals surface area contributed by atoms with Gasteiger partial charge in [-0.15, -0.1) is 0 Å². The van der Waals surface area contributed by atoms with Crippen LogP contribution in [0.4, 0.5) is 4.39 Å². The molecule has 2 nitrogen and oxygen atoms in total. The van der Waals surface area contributed by atoms with E-state index >= 15 is 0 Å². The van der Waals surface area contributed by atoms with Crippen molar-refractivity contribution >= 4 is 25.8 Å². The van der Waals surface area contributed by atoms with Gasteiger partial charge >= 0.3 is 0 Å². The summed E-state index contributed by atoms with van der Waals surface area (Å²) in [6.07, 6.45) is 0. The predicted molar refractivity (Wildman–Crippen MR) is 47.5 cm³/mol. The maximum atomic E-state index is 12.5. The molecular formula is C7H6BrFO2S. The van der Waals surface area contributed by atoms with Gasteiger partial charge in [0.05, 0.1) is 4.90 Å². The third kappa shape index (κ3) is 1.84. The van der Waals surface area contributed by atoms with Gasteiger partial charge in [-0.3, -0.25) is 0 Å². The summed E-state index contributed by atoms with van der Waals surface area (Å²) in [7, 11) is -3.83. The molecule has 5 heteroatoms. The molecule has 66 valence electrons. The van der Waals surface area contributed by atoms with Crippen LogP contribution in [0.5, 0.6) is 0 Å². The second-order valence-electron chi connectivity index (χ2n) is 2.12. The van der Waals surface area contributed by atoms with Crippen LogP contribution in [-0.4, -0.2) is 12.8 Å². The van der Waals surface area contributed by atoms with Crippen molar-refractivity contribution in [1.29, 1.82) is 0 Å². The average molecular weight is 253 g/mol. The molecule has 0 bridgehead atoms. The van der Waals surface area contributed by atoms with Crippen LogP contribution in [0.25, 0.3) is 0 Å². The molecule has 0 aliphatic rings. The number of hydrogen-bond acceptors (Lipinski definition) is 2. The number of alkyl halides is 2. The van der Waals surface area contributed by atoms with Crippen LogP contribution in [-0.2, 0) is 9.84 Å². The van der Waals surface area contributed by atoms with E-state index in [0.29, 0.717) is 0 Å². The number of sulfone groups is 1. The fourth-order valence-electron chi connectivity index (χ4n) is 0.713. The van der Waals surface area contributed by atoms with Gasteiger partial charge in [-0.05, 0) is 28.1 Å². The highest BCUT2D eigenvalue weighted by molar-refractivity contribution is 9.11. The Hall–Kier alpha value is -0.420. The molecule has 1 unspecified atom stereocenters. The van der Waals surface area contributed by atoms with Crippen molar-refractivity contribution in [3.63, 3.8) is 0 Å². The smallest absolute Gasteiger partial charge is 0.220 e. The predicted octanol–water partition coefficient (Wildman–Crippen LogP) is 2.11. The summed E-state index contributed by atoms with van der Waals surface area (Å²) >= 11 is 2.38. The molecule has 0 heterocycles. The molecule has 12 heavy (non-hydrogen) atoms. The quantitative estimate of drug-likeness (QED) is 0.756. The number of benzene rings is 1. The Morgan fingerprint density at radius 1 is 1.25 bits per heavy atom. The molecule has 1 atom stereocenters. The van der Waals surface area contributed by atoms with E-state index in [2.05, 4.69) is 15.9 Å². The van der Waals surface area contributed by atoms with Gasteiger partial charge in [0.1, 0.15) is 0 Å². The van der Waals surface area contributed by atoms with Gasteiger partial charge < -0.3 is 0 Å². The van der Waals surface area contributed by atoms with E-state index < -0.39 is 14.3 Å². The Morgan fingerprint density at radius 3 is 2.17 bits per heavy atom. The maximum Gasteiger partial charge on any atom is 0.259 e. The SMILES string of the molecule is O=S(=O)(c1ccccc1)C(F)Br. The molecule has 1 aromatic carbocycles. The molecule has 0 saturated carbocycles. The highest BCUT2D eigenvalue weighted by Gasteiger charge is 2.23. The van der Waals surface area contributed by atoms with Gasteiger partial charge in [0.2, 0.25) is 9.84 Å². The first-order valence-corrected chi connectivity index (χ1v) is 5.58. The highest BCUT2D eigenvalue weighted by Crippen LogP contribution is 2.20. The molecule has 0 aliphatic carbocycles. The highest BCUT2D eigenvalue weighted by atomic mass is 79.9. The lowest BCUT2D eigenvalue weighted by atomic mass is 10.4. The molecular weight excluding hydrogens is 247 g/mol. The molecule has 0 fully saturated rings. The molecule has 0 N–H and O–H groups in total. The fourth-order valence-corrected chi connectivity index (χ4v) is 2.10. The van der Waals surface area contributed by atoms with E-state index in [1.165, 1.54) is 12.1 Å². The summed E-state index contributed by atoms with van der Waals surface area (Å²) in [5.74, 6) is 0. The van der Waals surface area contributed by atoms with Gasteiger partial charge in [0.25, 0.3) is 4.41 Å². The number of rotatable bonds is 2. The summed E-state index contributed by atoms with van der Waals surface area (Å²) in [5.41, 5.74) is 0. The van der Waals surface area contributed by atoms with Crippen LogP contribution in [0.3, 0.4) is 0 Å². The molecule has 0 radical (unpaired) electrons. The minimum absolute atomic E-state index is 0.0191. The lowest BCUT2D eigenvalue weighted by Gasteiger charge is -2.02. The monoisotopic (exact) mass is 252 g/mol. The summed E-state index contributed by atoms with van der Waals surface area (Å²) in [6, 6.07) is 7.46. The van der Waals surface area contributed by atoms with E-state index in [-0.39, 0.29) is 4.90 Å². The maximum absolute atomic E-state index is 12.5. The summed E-state index contributed by atoms with van der Waals surface area (Å²) in [5, 5.41) is 0. The minimum atomic E-state index is -3.83. The molecule has 1 rings (SSSR count).